The van der Waals surface area contributed by atoms with Crippen molar-refractivity contribution < 1.29 is 8.42 Å². The fourth-order valence-corrected chi connectivity index (χ4v) is 3.17. The molecule has 1 aromatic carbocycles. The SMILES string of the molecule is C=CCCN(C)S(=O)(=O)c1cc(N)ccc1CC. The molecule has 100 valence electrons. The number of nitrogens with zero attached hydrogens (tertiary/aromatic N) is 1. The highest BCUT2D eigenvalue weighted by atomic mass is 32.2. The molecule has 0 saturated heterocycles. The van der Waals surface area contributed by atoms with Gasteiger partial charge >= 0.3 is 0 Å². The molecule has 0 heterocycles. The van der Waals surface area contributed by atoms with Crippen molar-refractivity contribution in [1.29, 1.82) is 0 Å². The van der Waals surface area contributed by atoms with Crippen LogP contribution in [0.4, 0.5) is 5.69 Å². The first-order valence-corrected chi connectivity index (χ1v) is 7.33. The zero-order valence-corrected chi connectivity index (χ0v) is 11.7. The number of benzene rings is 1. The van der Waals surface area contributed by atoms with E-state index >= 15 is 0 Å². The molecule has 0 radical (unpaired) electrons. The second-order valence-electron chi connectivity index (χ2n) is 4.12. The number of aryl methyl sites for hydroxylation is 1. The lowest BCUT2D eigenvalue weighted by Crippen LogP contribution is -2.28. The van der Waals surface area contributed by atoms with E-state index in [0.717, 1.165) is 5.56 Å². The Bertz CT molecular complexity index is 524. The average molecular weight is 268 g/mol. The third-order valence-corrected chi connectivity index (χ3v) is 4.75. The van der Waals surface area contributed by atoms with Crippen molar-refractivity contribution in [3.63, 3.8) is 0 Å². The van der Waals surface area contributed by atoms with E-state index in [1.807, 2.05) is 6.92 Å². The lowest BCUT2D eigenvalue weighted by Gasteiger charge is -2.18. The van der Waals surface area contributed by atoms with Crippen LogP contribution in [0.1, 0.15) is 18.9 Å². The molecule has 0 saturated carbocycles. The monoisotopic (exact) mass is 268 g/mol. The maximum absolute atomic E-state index is 12.4. The summed E-state index contributed by atoms with van der Waals surface area (Å²) in [6, 6.07) is 5.02. The maximum Gasteiger partial charge on any atom is 0.243 e. The first-order valence-electron chi connectivity index (χ1n) is 5.89. The van der Waals surface area contributed by atoms with Gasteiger partial charge in [0.25, 0.3) is 0 Å². The fraction of sp³-hybridized carbons (Fsp3) is 0.385. The summed E-state index contributed by atoms with van der Waals surface area (Å²) in [4.78, 5) is 0.302. The van der Waals surface area contributed by atoms with Crippen molar-refractivity contribution in [3.8, 4) is 0 Å². The summed E-state index contributed by atoms with van der Waals surface area (Å²) in [5.41, 5.74) is 6.93. The van der Waals surface area contributed by atoms with Gasteiger partial charge in [0.15, 0.2) is 0 Å². The fourth-order valence-electron chi connectivity index (χ4n) is 1.66. The number of hydrogen-bond acceptors (Lipinski definition) is 3. The zero-order chi connectivity index (χ0) is 13.8. The van der Waals surface area contributed by atoms with E-state index in [-0.39, 0.29) is 0 Å². The van der Waals surface area contributed by atoms with E-state index < -0.39 is 10.0 Å². The van der Waals surface area contributed by atoms with Gasteiger partial charge in [0.2, 0.25) is 10.0 Å². The van der Waals surface area contributed by atoms with Crippen molar-refractivity contribution in [2.45, 2.75) is 24.7 Å². The van der Waals surface area contributed by atoms with Gasteiger partial charge in [0.1, 0.15) is 0 Å². The van der Waals surface area contributed by atoms with Crippen LogP contribution in [0.2, 0.25) is 0 Å². The van der Waals surface area contributed by atoms with E-state index in [9.17, 15) is 8.42 Å². The maximum atomic E-state index is 12.4. The smallest absolute Gasteiger partial charge is 0.243 e. The van der Waals surface area contributed by atoms with Gasteiger partial charge in [-0.25, -0.2) is 12.7 Å². The van der Waals surface area contributed by atoms with Crippen molar-refractivity contribution >= 4 is 15.7 Å². The van der Waals surface area contributed by atoms with Crippen LogP contribution in [-0.4, -0.2) is 26.3 Å². The number of sulfonamides is 1. The lowest BCUT2D eigenvalue weighted by molar-refractivity contribution is 0.474. The summed E-state index contributed by atoms with van der Waals surface area (Å²) in [5.74, 6) is 0. The van der Waals surface area contributed by atoms with E-state index in [1.54, 1.807) is 25.3 Å². The van der Waals surface area contributed by atoms with Crippen molar-refractivity contribution in [2.24, 2.45) is 0 Å². The Morgan fingerprint density at radius 1 is 1.44 bits per heavy atom. The van der Waals surface area contributed by atoms with Gasteiger partial charge in [-0.1, -0.05) is 19.1 Å². The van der Waals surface area contributed by atoms with Crippen LogP contribution in [0, 0.1) is 0 Å². The van der Waals surface area contributed by atoms with Crippen molar-refractivity contribution in [1.82, 2.24) is 4.31 Å². The van der Waals surface area contributed by atoms with Crippen molar-refractivity contribution in [2.75, 3.05) is 19.3 Å². The van der Waals surface area contributed by atoms with Crippen molar-refractivity contribution in [3.05, 3.63) is 36.4 Å². The molecule has 4 nitrogen and oxygen atoms in total. The Balaban J connectivity index is 3.18. The molecule has 18 heavy (non-hydrogen) atoms. The van der Waals surface area contributed by atoms with Gasteiger partial charge in [0.05, 0.1) is 4.90 Å². The number of rotatable bonds is 6. The molecule has 0 aromatic heterocycles. The summed E-state index contributed by atoms with van der Waals surface area (Å²) in [6.45, 7) is 5.94. The van der Waals surface area contributed by atoms with E-state index in [1.165, 1.54) is 10.4 Å². The van der Waals surface area contributed by atoms with Crippen LogP contribution in [0.3, 0.4) is 0 Å². The Morgan fingerprint density at radius 2 is 2.11 bits per heavy atom. The molecule has 0 aliphatic heterocycles. The molecule has 0 amide bonds. The van der Waals surface area contributed by atoms with Gasteiger partial charge in [-0.15, -0.1) is 6.58 Å². The van der Waals surface area contributed by atoms with Crippen LogP contribution in [0.5, 0.6) is 0 Å². The average Bonchev–Trinajstić information content (AvgIpc) is 2.35. The number of hydrogen-bond donors (Lipinski definition) is 1. The van der Waals surface area contributed by atoms with E-state index in [2.05, 4.69) is 6.58 Å². The number of nitrogen functional groups attached to an aromatic ring is 1. The van der Waals surface area contributed by atoms with Crippen LogP contribution in [0.15, 0.2) is 35.7 Å². The summed E-state index contributed by atoms with van der Waals surface area (Å²) in [6.07, 6.45) is 2.98. The topological polar surface area (TPSA) is 63.4 Å². The minimum Gasteiger partial charge on any atom is -0.399 e. The van der Waals surface area contributed by atoms with Crippen LogP contribution in [-0.2, 0) is 16.4 Å². The van der Waals surface area contributed by atoms with Crippen LogP contribution < -0.4 is 5.73 Å². The van der Waals surface area contributed by atoms with Crippen LogP contribution >= 0.6 is 0 Å². The summed E-state index contributed by atoms with van der Waals surface area (Å²) in [5, 5.41) is 0. The highest BCUT2D eigenvalue weighted by Crippen LogP contribution is 2.22. The third-order valence-electron chi connectivity index (χ3n) is 2.81. The van der Waals surface area contributed by atoms with Gasteiger partial charge in [-0.3, -0.25) is 0 Å². The Morgan fingerprint density at radius 3 is 2.67 bits per heavy atom. The van der Waals surface area contributed by atoms with Gasteiger partial charge < -0.3 is 5.73 Å². The largest absolute Gasteiger partial charge is 0.399 e. The molecular formula is C13H20N2O2S. The van der Waals surface area contributed by atoms with Gasteiger partial charge in [-0.2, -0.15) is 0 Å². The number of nitrogens with two attached hydrogens (primary N) is 1. The second kappa shape index (κ2) is 6.02. The molecule has 1 rings (SSSR count). The Labute approximate surface area is 109 Å². The summed E-state index contributed by atoms with van der Waals surface area (Å²) < 4.78 is 26.1. The second-order valence-corrected chi connectivity index (χ2v) is 6.14. The minimum absolute atomic E-state index is 0.302. The molecule has 2 N–H and O–H groups in total. The standard InChI is InChI=1S/C13H20N2O2S/c1-4-6-9-15(3)18(16,17)13-10-12(14)8-7-11(13)5-2/h4,7-8,10H,1,5-6,9,14H2,2-3H3. The molecule has 0 atom stereocenters. The summed E-state index contributed by atoms with van der Waals surface area (Å²) >= 11 is 0. The molecule has 0 aliphatic carbocycles. The zero-order valence-electron chi connectivity index (χ0n) is 10.9. The predicted octanol–water partition coefficient (Wildman–Crippen LogP) is 2.03. The number of anilines is 1. The van der Waals surface area contributed by atoms with E-state index in [4.69, 9.17) is 5.73 Å². The molecule has 0 spiro atoms. The van der Waals surface area contributed by atoms with Gasteiger partial charge in [0, 0.05) is 19.3 Å². The quantitative estimate of drug-likeness (QED) is 0.634. The van der Waals surface area contributed by atoms with E-state index in [0.29, 0.717) is 30.0 Å². The van der Waals surface area contributed by atoms with Crippen LogP contribution in [0.25, 0.3) is 0 Å². The van der Waals surface area contributed by atoms with Gasteiger partial charge in [-0.05, 0) is 30.5 Å². The summed E-state index contributed by atoms with van der Waals surface area (Å²) in [7, 11) is -1.90. The molecule has 0 bridgehead atoms. The molecule has 0 fully saturated rings. The normalized spacial score (nSPS) is 11.7. The molecule has 5 heteroatoms. The molecule has 1 aromatic rings. The molecular weight excluding hydrogens is 248 g/mol. The Hall–Kier alpha value is -1.33. The minimum atomic E-state index is -3.47. The third kappa shape index (κ3) is 3.11. The highest BCUT2D eigenvalue weighted by Gasteiger charge is 2.22. The highest BCUT2D eigenvalue weighted by molar-refractivity contribution is 7.89. The Kier molecular flexibility index (Phi) is 4.93. The molecule has 0 aliphatic rings. The molecule has 0 unspecified atom stereocenters. The first kappa shape index (κ1) is 14.7. The first-order chi connectivity index (χ1) is 8.43. The predicted molar refractivity (Wildman–Crippen MR) is 74.9 cm³/mol. The lowest BCUT2D eigenvalue weighted by atomic mass is 10.1.